The summed E-state index contributed by atoms with van der Waals surface area (Å²) in [5, 5.41) is 0. The van der Waals surface area contributed by atoms with Crippen molar-refractivity contribution in [3.8, 4) is 0 Å². The number of aldehydes is 1. The second-order valence-electron chi connectivity index (χ2n) is 2.14. The zero-order valence-corrected chi connectivity index (χ0v) is 7.18. The summed E-state index contributed by atoms with van der Waals surface area (Å²) in [5.41, 5.74) is 1.85. The van der Waals surface area contributed by atoms with E-state index in [9.17, 15) is 4.79 Å². The summed E-state index contributed by atoms with van der Waals surface area (Å²) in [7, 11) is 0. The molecule has 0 saturated carbocycles. The topological polar surface area (TPSA) is 17.1 Å². The molecule has 0 unspecified atom stereocenters. The van der Waals surface area contributed by atoms with Gasteiger partial charge in [0.2, 0.25) is 0 Å². The second kappa shape index (κ2) is 2.97. The van der Waals surface area contributed by atoms with Gasteiger partial charge in [0.25, 0.3) is 0 Å². The molecule has 0 fully saturated rings. The monoisotopic (exact) mass is 198 g/mol. The lowest BCUT2D eigenvalue weighted by atomic mass is 10.2. The predicted octanol–water partition coefficient (Wildman–Crippen LogP) is 2.57. The maximum absolute atomic E-state index is 10.3. The number of aryl methyl sites for hydroxylation is 1. The van der Waals surface area contributed by atoms with Crippen molar-refractivity contribution in [2.75, 3.05) is 0 Å². The van der Waals surface area contributed by atoms with Gasteiger partial charge in [-0.1, -0.05) is 28.1 Å². The summed E-state index contributed by atoms with van der Waals surface area (Å²) in [4.78, 5) is 10.3. The first-order chi connectivity index (χ1) is 4.74. The van der Waals surface area contributed by atoms with Crippen LogP contribution in [-0.4, -0.2) is 6.29 Å². The van der Waals surface area contributed by atoms with Crippen molar-refractivity contribution in [1.82, 2.24) is 0 Å². The first kappa shape index (κ1) is 7.48. The van der Waals surface area contributed by atoms with E-state index in [1.807, 2.05) is 19.1 Å². The molecule has 0 saturated heterocycles. The minimum absolute atomic E-state index is 0.700. The van der Waals surface area contributed by atoms with E-state index in [4.69, 9.17) is 0 Å². The normalized spacial score (nSPS) is 9.40. The van der Waals surface area contributed by atoms with Crippen LogP contribution in [0.5, 0.6) is 0 Å². The zero-order chi connectivity index (χ0) is 7.56. The van der Waals surface area contributed by atoms with Crippen LogP contribution in [0.25, 0.3) is 0 Å². The molecule has 0 aliphatic heterocycles. The van der Waals surface area contributed by atoms with Gasteiger partial charge in [-0.25, -0.2) is 0 Å². The fourth-order valence-corrected chi connectivity index (χ4v) is 1.31. The van der Waals surface area contributed by atoms with Gasteiger partial charge < -0.3 is 0 Å². The van der Waals surface area contributed by atoms with Crippen LogP contribution in [0.3, 0.4) is 0 Å². The van der Waals surface area contributed by atoms with Crippen molar-refractivity contribution in [2.45, 2.75) is 6.92 Å². The Hall–Kier alpha value is -0.630. The van der Waals surface area contributed by atoms with Crippen molar-refractivity contribution in [2.24, 2.45) is 0 Å². The van der Waals surface area contributed by atoms with Crippen molar-refractivity contribution >= 4 is 22.2 Å². The molecule has 1 rings (SSSR count). The van der Waals surface area contributed by atoms with Gasteiger partial charge in [0.05, 0.1) is 0 Å². The number of halogens is 1. The highest BCUT2D eigenvalue weighted by molar-refractivity contribution is 9.10. The minimum Gasteiger partial charge on any atom is -0.298 e. The van der Waals surface area contributed by atoms with Crippen molar-refractivity contribution < 1.29 is 4.79 Å². The molecule has 1 nitrogen and oxygen atoms in total. The number of carbonyl (C=O) groups excluding carboxylic acids is 1. The van der Waals surface area contributed by atoms with Gasteiger partial charge in [0, 0.05) is 10.0 Å². The fourth-order valence-electron chi connectivity index (χ4n) is 0.728. The average molecular weight is 199 g/mol. The Bertz CT molecular complexity index is 255. The SMILES string of the molecule is Cc1ccc(C=O)c(Br)c1. The molecule has 1 aromatic rings. The molecule has 0 bridgehead atoms. The molecule has 2 heteroatoms. The summed E-state index contributed by atoms with van der Waals surface area (Å²) < 4.78 is 0.863. The Morgan fingerprint density at radius 3 is 2.70 bits per heavy atom. The van der Waals surface area contributed by atoms with E-state index in [1.165, 1.54) is 0 Å². The molecule has 0 spiro atoms. The van der Waals surface area contributed by atoms with Gasteiger partial charge in [0.1, 0.15) is 0 Å². The highest BCUT2D eigenvalue weighted by atomic mass is 79.9. The molecule has 10 heavy (non-hydrogen) atoms. The molecule has 0 atom stereocenters. The first-order valence-corrected chi connectivity index (χ1v) is 3.74. The van der Waals surface area contributed by atoms with E-state index >= 15 is 0 Å². The molecular formula is C8H7BrO. The lowest BCUT2D eigenvalue weighted by molar-refractivity contribution is 0.112. The highest BCUT2D eigenvalue weighted by Gasteiger charge is 1.95. The van der Waals surface area contributed by atoms with E-state index in [1.54, 1.807) is 6.07 Å². The Morgan fingerprint density at radius 2 is 2.20 bits per heavy atom. The van der Waals surface area contributed by atoms with Crippen LogP contribution >= 0.6 is 15.9 Å². The fraction of sp³-hybridized carbons (Fsp3) is 0.125. The van der Waals surface area contributed by atoms with E-state index in [2.05, 4.69) is 15.9 Å². The van der Waals surface area contributed by atoms with Crippen LogP contribution in [0.1, 0.15) is 15.9 Å². The van der Waals surface area contributed by atoms with Crippen LogP contribution in [0, 0.1) is 6.92 Å². The largest absolute Gasteiger partial charge is 0.298 e. The standard InChI is InChI=1S/C8H7BrO/c1-6-2-3-7(5-10)8(9)4-6/h2-5H,1H3. The Morgan fingerprint density at radius 1 is 1.50 bits per heavy atom. The summed E-state index contributed by atoms with van der Waals surface area (Å²) >= 11 is 3.28. The quantitative estimate of drug-likeness (QED) is 0.635. The lowest BCUT2D eigenvalue weighted by Crippen LogP contribution is -1.81. The maximum atomic E-state index is 10.3. The highest BCUT2D eigenvalue weighted by Crippen LogP contribution is 2.15. The van der Waals surface area contributed by atoms with Gasteiger partial charge in [-0.15, -0.1) is 0 Å². The van der Waals surface area contributed by atoms with Crippen LogP contribution in [0.4, 0.5) is 0 Å². The number of benzene rings is 1. The lowest BCUT2D eigenvalue weighted by Gasteiger charge is -1.95. The Balaban J connectivity index is 3.19. The van der Waals surface area contributed by atoms with Crippen LogP contribution in [0.2, 0.25) is 0 Å². The van der Waals surface area contributed by atoms with Crippen molar-refractivity contribution in [3.63, 3.8) is 0 Å². The predicted molar refractivity (Wildman–Crippen MR) is 44.3 cm³/mol. The Labute approximate surface area is 68.2 Å². The minimum atomic E-state index is 0.700. The number of hydrogen-bond donors (Lipinski definition) is 0. The molecule has 52 valence electrons. The molecule has 0 aliphatic rings. The van der Waals surface area contributed by atoms with Gasteiger partial charge in [-0.3, -0.25) is 4.79 Å². The molecular weight excluding hydrogens is 192 g/mol. The third kappa shape index (κ3) is 1.45. The summed E-state index contributed by atoms with van der Waals surface area (Å²) in [6.07, 6.45) is 0.837. The van der Waals surface area contributed by atoms with E-state index in [-0.39, 0.29) is 0 Å². The van der Waals surface area contributed by atoms with E-state index < -0.39 is 0 Å². The summed E-state index contributed by atoms with van der Waals surface area (Å²) in [6, 6.07) is 5.63. The molecule has 0 aliphatic carbocycles. The van der Waals surface area contributed by atoms with Crippen molar-refractivity contribution in [3.05, 3.63) is 33.8 Å². The number of rotatable bonds is 1. The molecule has 0 amide bonds. The third-order valence-electron chi connectivity index (χ3n) is 1.28. The molecule has 0 aromatic heterocycles. The van der Waals surface area contributed by atoms with Crippen LogP contribution in [-0.2, 0) is 0 Å². The van der Waals surface area contributed by atoms with Gasteiger partial charge in [-0.2, -0.15) is 0 Å². The van der Waals surface area contributed by atoms with Crippen molar-refractivity contribution in [1.29, 1.82) is 0 Å². The molecule has 1 aromatic carbocycles. The van der Waals surface area contributed by atoms with Gasteiger partial charge >= 0.3 is 0 Å². The van der Waals surface area contributed by atoms with Gasteiger partial charge in [-0.05, 0) is 18.6 Å². The smallest absolute Gasteiger partial charge is 0.151 e. The Kier molecular flexibility index (Phi) is 2.22. The van der Waals surface area contributed by atoms with Crippen LogP contribution < -0.4 is 0 Å². The van der Waals surface area contributed by atoms with E-state index in [0.29, 0.717) is 5.56 Å². The second-order valence-corrected chi connectivity index (χ2v) is 3.00. The third-order valence-corrected chi connectivity index (χ3v) is 1.97. The maximum Gasteiger partial charge on any atom is 0.151 e. The van der Waals surface area contributed by atoms with Crippen LogP contribution in [0.15, 0.2) is 22.7 Å². The van der Waals surface area contributed by atoms with Gasteiger partial charge in [0.15, 0.2) is 6.29 Å². The number of carbonyl (C=O) groups is 1. The summed E-state index contributed by atoms with van der Waals surface area (Å²) in [5.74, 6) is 0. The molecule has 0 heterocycles. The average Bonchev–Trinajstić information content (AvgIpc) is 1.88. The molecule has 0 N–H and O–H groups in total. The zero-order valence-electron chi connectivity index (χ0n) is 5.60. The van der Waals surface area contributed by atoms with E-state index in [0.717, 1.165) is 16.3 Å². The molecule has 0 radical (unpaired) electrons. The first-order valence-electron chi connectivity index (χ1n) is 2.95. The number of hydrogen-bond acceptors (Lipinski definition) is 1. The summed E-state index contributed by atoms with van der Waals surface area (Å²) in [6.45, 7) is 1.99.